The molecule has 0 atom stereocenters. The third-order valence-electron chi connectivity index (χ3n) is 8.38. The molecule has 0 spiro atoms. The van der Waals surface area contributed by atoms with Crippen LogP contribution in [0.1, 0.15) is 16.7 Å². The molecule has 0 N–H and O–H groups in total. The Balaban J connectivity index is 1.35. The van der Waals surface area contributed by atoms with Gasteiger partial charge in [0.1, 0.15) is 0 Å². The zero-order valence-electron chi connectivity index (χ0n) is 23.3. The Hall–Kier alpha value is -5.48. The van der Waals surface area contributed by atoms with Gasteiger partial charge in [-0.2, -0.15) is 5.10 Å². The molecule has 7 aromatic rings. The Morgan fingerprint density at radius 2 is 1.50 bits per heavy atom. The molecule has 2 aromatic heterocycles. The molecule has 0 unspecified atom stereocenters. The highest BCUT2D eigenvalue weighted by molar-refractivity contribution is 6.08. The van der Waals surface area contributed by atoms with Crippen molar-refractivity contribution in [1.82, 2.24) is 14.8 Å². The van der Waals surface area contributed by atoms with Crippen molar-refractivity contribution >= 4 is 44.7 Å². The fraction of sp³-hybridized carbons (Fsp3) is 0.0526. The molecule has 3 heterocycles. The lowest BCUT2D eigenvalue weighted by molar-refractivity contribution is 0.911. The minimum absolute atomic E-state index is 0.751. The zero-order valence-corrected chi connectivity index (χ0v) is 23.3. The summed E-state index contributed by atoms with van der Waals surface area (Å²) >= 11 is 0. The number of anilines is 2. The molecule has 0 fully saturated rings. The van der Waals surface area contributed by atoms with E-state index in [0.717, 1.165) is 40.1 Å². The van der Waals surface area contributed by atoms with Crippen molar-refractivity contribution in [2.45, 2.75) is 6.92 Å². The van der Waals surface area contributed by atoms with E-state index >= 15 is 0 Å². The molecule has 42 heavy (non-hydrogen) atoms. The van der Waals surface area contributed by atoms with Gasteiger partial charge in [0.25, 0.3) is 0 Å². The van der Waals surface area contributed by atoms with Crippen LogP contribution in [0.25, 0.3) is 50.3 Å². The normalized spacial score (nSPS) is 13.7. The number of aryl methyl sites for hydroxylation is 1. The van der Waals surface area contributed by atoms with Gasteiger partial charge in [-0.15, -0.1) is 0 Å². The van der Waals surface area contributed by atoms with E-state index in [2.05, 4.69) is 121 Å². The topological polar surface area (TPSA) is 34.0 Å². The van der Waals surface area contributed by atoms with Crippen molar-refractivity contribution in [2.24, 2.45) is 0 Å². The second-order valence-corrected chi connectivity index (χ2v) is 10.8. The summed E-state index contributed by atoms with van der Waals surface area (Å²) in [5, 5.41) is 8.57. The maximum atomic E-state index is 4.87. The first kappa shape index (κ1) is 24.3. The maximum Gasteiger partial charge on any atom is 0.0748 e. The molecule has 5 aromatic carbocycles. The van der Waals surface area contributed by atoms with Gasteiger partial charge in [0.2, 0.25) is 0 Å². The van der Waals surface area contributed by atoms with Gasteiger partial charge in [-0.05, 0) is 82.9 Å². The number of rotatable bonds is 4. The molecule has 0 aliphatic carbocycles. The third-order valence-corrected chi connectivity index (χ3v) is 8.38. The first-order valence-electron chi connectivity index (χ1n) is 14.3. The Kier molecular flexibility index (Phi) is 5.71. The maximum absolute atomic E-state index is 4.87. The predicted octanol–water partition coefficient (Wildman–Crippen LogP) is 9.24. The molecule has 8 rings (SSSR count). The number of pyridine rings is 1. The van der Waals surface area contributed by atoms with Gasteiger partial charge in [-0.25, -0.2) is 4.68 Å². The molecule has 1 aliphatic rings. The number of hydrogen-bond acceptors (Lipinski definition) is 3. The summed E-state index contributed by atoms with van der Waals surface area (Å²) < 4.78 is 2.04. The molecule has 0 amide bonds. The van der Waals surface area contributed by atoms with Gasteiger partial charge in [0.15, 0.2) is 0 Å². The first-order valence-corrected chi connectivity index (χ1v) is 14.3. The minimum atomic E-state index is 0.751. The summed E-state index contributed by atoms with van der Waals surface area (Å²) in [6.45, 7) is 2.98. The summed E-state index contributed by atoms with van der Waals surface area (Å²) in [7, 11) is 0. The number of benzene rings is 5. The predicted molar refractivity (Wildman–Crippen MR) is 174 cm³/mol. The van der Waals surface area contributed by atoms with E-state index in [0.29, 0.717) is 0 Å². The van der Waals surface area contributed by atoms with Crippen LogP contribution in [-0.2, 0) is 0 Å². The fourth-order valence-electron chi connectivity index (χ4n) is 6.33. The number of fused-ring (bicyclic) bond motifs is 4. The van der Waals surface area contributed by atoms with Gasteiger partial charge in [-0.1, -0.05) is 78.9 Å². The molecule has 0 bridgehead atoms. The fourth-order valence-corrected chi connectivity index (χ4v) is 6.33. The largest absolute Gasteiger partial charge is 0.336 e. The summed E-state index contributed by atoms with van der Waals surface area (Å²) in [6.07, 6.45) is 6.26. The number of hydrogen-bond donors (Lipinski definition) is 0. The molecule has 4 nitrogen and oxygen atoms in total. The van der Waals surface area contributed by atoms with Gasteiger partial charge in [0.05, 0.1) is 28.8 Å². The van der Waals surface area contributed by atoms with Crippen LogP contribution in [0.2, 0.25) is 0 Å². The van der Waals surface area contributed by atoms with E-state index in [4.69, 9.17) is 10.1 Å². The van der Waals surface area contributed by atoms with Crippen LogP contribution in [-0.4, -0.2) is 21.3 Å². The molecular formula is C38H28N4. The summed E-state index contributed by atoms with van der Waals surface area (Å²) in [5.41, 5.74) is 11.6. The van der Waals surface area contributed by atoms with E-state index in [1.165, 1.54) is 38.7 Å². The van der Waals surface area contributed by atoms with E-state index in [9.17, 15) is 0 Å². The average molecular weight is 541 g/mol. The first-order chi connectivity index (χ1) is 20.8. The third kappa shape index (κ3) is 3.92. The zero-order chi connectivity index (χ0) is 28.0. The summed E-state index contributed by atoms with van der Waals surface area (Å²) in [6, 6.07) is 42.6. The second kappa shape index (κ2) is 9.86. The van der Waals surface area contributed by atoms with Crippen molar-refractivity contribution in [3.63, 3.8) is 0 Å². The van der Waals surface area contributed by atoms with Crippen LogP contribution in [0.4, 0.5) is 11.4 Å². The number of nitrogens with zero attached hydrogens (tertiary/aromatic N) is 4. The molecule has 4 heteroatoms. The molecular weight excluding hydrogens is 512 g/mol. The lowest BCUT2D eigenvalue weighted by Gasteiger charge is -2.22. The standard InChI is InChI=1S/C38H28N4/c1-26-28(19-18-27-11-5-6-14-31(26)27)23-29-25-41(35-17-8-7-15-32(35)34-16-9-10-22-39-34)37-21-20-36-33(38(29)37)24-40-42(36)30-12-3-2-4-13-30/h2-24H,25H2,1H3/b29-23+. The second-order valence-electron chi connectivity index (χ2n) is 10.8. The smallest absolute Gasteiger partial charge is 0.0748 e. The molecule has 0 radical (unpaired) electrons. The Morgan fingerprint density at radius 1 is 0.690 bits per heavy atom. The summed E-state index contributed by atoms with van der Waals surface area (Å²) in [4.78, 5) is 7.13. The molecule has 200 valence electrons. The lowest BCUT2D eigenvalue weighted by Crippen LogP contribution is -2.14. The highest BCUT2D eigenvalue weighted by Crippen LogP contribution is 2.47. The van der Waals surface area contributed by atoms with Crippen LogP contribution in [0.3, 0.4) is 0 Å². The van der Waals surface area contributed by atoms with Gasteiger partial charge < -0.3 is 4.90 Å². The van der Waals surface area contributed by atoms with Gasteiger partial charge in [-0.3, -0.25) is 4.98 Å². The van der Waals surface area contributed by atoms with Crippen molar-refractivity contribution < 1.29 is 0 Å². The van der Waals surface area contributed by atoms with Crippen LogP contribution < -0.4 is 4.90 Å². The van der Waals surface area contributed by atoms with Gasteiger partial charge in [0, 0.05) is 34.9 Å². The lowest BCUT2D eigenvalue weighted by atomic mass is 9.96. The Morgan fingerprint density at radius 3 is 2.38 bits per heavy atom. The van der Waals surface area contributed by atoms with E-state index in [1.54, 1.807) is 0 Å². The van der Waals surface area contributed by atoms with E-state index in [1.807, 2.05) is 35.3 Å². The number of aromatic nitrogens is 3. The molecule has 0 saturated carbocycles. The summed E-state index contributed by atoms with van der Waals surface area (Å²) in [5.74, 6) is 0. The van der Waals surface area contributed by atoms with Gasteiger partial charge >= 0.3 is 0 Å². The van der Waals surface area contributed by atoms with Crippen LogP contribution in [0.15, 0.2) is 134 Å². The van der Waals surface area contributed by atoms with Crippen LogP contribution >= 0.6 is 0 Å². The minimum Gasteiger partial charge on any atom is -0.336 e. The Bertz CT molecular complexity index is 2120. The SMILES string of the molecule is Cc1c(/C=C2\CN(c3ccccc3-c3ccccn3)c3ccc4c(cnn4-c4ccccc4)c32)ccc2ccccc12. The molecule has 0 saturated heterocycles. The van der Waals surface area contributed by atoms with E-state index in [-0.39, 0.29) is 0 Å². The van der Waals surface area contributed by atoms with Crippen LogP contribution in [0, 0.1) is 6.92 Å². The highest BCUT2D eigenvalue weighted by atomic mass is 15.3. The Labute approximate surface area is 244 Å². The van der Waals surface area contributed by atoms with Crippen molar-refractivity contribution in [3.8, 4) is 16.9 Å². The number of para-hydroxylation sites is 2. The average Bonchev–Trinajstić information content (AvgIpc) is 3.65. The van der Waals surface area contributed by atoms with Crippen molar-refractivity contribution in [1.29, 1.82) is 0 Å². The highest BCUT2D eigenvalue weighted by Gasteiger charge is 2.30. The molecule has 1 aliphatic heterocycles. The van der Waals surface area contributed by atoms with Crippen molar-refractivity contribution in [2.75, 3.05) is 11.4 Å². The quantitative estimate of drug-likeness (QED) is 0.223. The van der Waals surface area contributed by atoms with Crippen LogP contribution in [0.5, 0.6) is 0 Å². The van der Waals surface area contributed by atoms with Crippen molar-refractivity contribution in [3.05, 3.63) is 150 Å². The van der Waals surface area contributed by atoms with E-state index < -0.39 is 0 Å². The monoisotopic (exact) mass is 540 g/mol.